The summed E-state index contributed by atoms with van der Waals surface area (Å²) in [6.45, 7) is 2.37. The van der Waals surface area contributed by atoms with Crippen molar-refractivity contribution in [1.82, 2.24) is 14.5 Å². The molecule has 20 heavy (non-hydrogen) atoms. The van der Waals surface area contributed by atoms with Crippen molar-refractivity contribution in [3.05, 3.63) is 34.7 Å². The molecule has 1 saturated heterocycles. The summed E-state index contributed by atoms with van der Waals surface area (Å²) in [4.78, 5) is 12.7. The zero-order chi connectivity index (χ0) is 13.9. The lowest BCUT2D eigenvalue weighted by atomic mass is 10.1. The quantitative estimate of drug-likeness (QED) is 0.922. The van der Waals surface area contributed by atoms with Gasteiger partial charge in [-0.3, -0.25) is 9.13 Å². The fourth-order valence-electron chi connectivity index (χ4n) is 3.03. The Morgan fingerprint density at radius 3 is 2.65 bits per heavy atom. The van der Waals surface area contributed by atoms with Crippen LogP contribution < -0.4 is 11.0 Å². The molecule has 0 radical (unpaired) electrons. The number of piperidine rings is 1. The van der Waals surface area contributed by atoms with Crippen LogP contribution in [0.3, 0.4) is 0 Å². The number of nitrogens with zero attached hydrogens (tertiary/aromatic N) is 3. The van der Waals surface area contributed by atoms with Crippen molar-refractivity contribution in [2.75, 3.05) is 13.1 Å². The van der Waals surface area contributed by atoms with Gasteiger partial charge in [-0.05, 0) is 38.1 Å². The number of aryl methyl sites for hydroxylation is 1. The first-order chi connectivity index (χ1) is 9.83. The number of rotatable bonds is 3. The van der Waals surface area contributed by atoms with Gasteiger partial charge in [0.1, 0.15) is 0 Å². The summed E-state index contributed by atoms with van der Waals surface area (Å²) < 4.78 is 3.66. The number of aromatic nitrogens is 2. The van der Waals surface area contributed by atoms with E-state index in [0.29, 0.717) is 13.0 Å². The van der Waals surface area contributed by atoms with Crippen molar-refractivity contribution in [3.8, 4) is 6.07 Å². The average molecular weight is 270 g/mol. The summed E-state index contributed by atoms with van der Waals surface area (Å²) in [5, 5.41) is 12.1. The first kappa shape index (κ1) is 12.9. The first-order valence-electron chi connectivity index (χ1n) is 7.10. The number of para-hydroxylation sites is 2. The molecule has 1 aliphatic rings. The van der Waals surface area contributed by atoms with E-state index in [1.165, 1.54) is 0 Å². The fraction of sp³-hybridized carbons (Fsp3) is 0.467. The Hall–Kier alpha value is -2.06. The molecule has 1 N–H and O–H groups in total. The minimum atomic E-state index is 0.0216. The average Bonchev–Trinajstić information content (AvgIpc) is 2.78. The smallest absolute Gasteiger partial charge is 0.317 e. The molecule has 0 unspecified atom stereocenters. The second-order valence-corrected chi connectivity index (χ2v) is 5.18. The van der Waals surface area contributed by atoms with Crippen LogP contribution in [0.15, 0.2) is 29.1 Å². The number of imidazole rings is 1. The summed E-state index contributed by atoms with van der Waals surface area (Å²) in [5.74, 6) is 0. The van der Waals surface area contributed by atoms with Crippen LogP contribution in [0.4, 0.5) is 0 Å². The van der Waals surface area contributed by atoms with Gasteiger partial charge in [0, 0.05) is 12.6 Å². The highest BCUT2D eigenvalue weighted by Crippen LogP contribution is 2.23. The molecule has 0 atom stereocenters. The molecule has 2 aromatic rings. The molecule has 0 spiro atoms. The van der Waals surface area contributed by atoms with Crippen LogP contribution in [0.2, 0.25) is 0 Å². The van der Waals surface area contributed by atoms with Crippen LogP contribution in [0, 0.1) is 11.3 Å². The standard InChI is InChI=1S/C15H18N4O/c16-8-3-11-18-13-4-1-2-5-14(13)19(15(18)20)12-6-9-17-10-7-12/h1-2,4-5,12,17H,3,6-7,9-11H2. The van der Waals surface area contributed by atoms with E-state index in [2.05, 4.69) is 11.4 Å². The van der Waals surface area contributed by atoms with E-state index in [1.54, 1.807) is 4.57 Å². The van der Waals surface area contributed by atoms with Gasteiger partial charge < -0.3 is 5.32 Å². The summed E-state index contributed by atoms with van der Waals surface area (Å²) in [5.41, 5.74) is 1.95. The minimum Gasteiger partial charge on any atom is -0.317 e. The Bertz CT molecular complexity index is 701. The third kappa shape index (κ3) is 2.12. The Kier molecular flexibility index (Phi) is 3.57. The van der Waals surface area contributed by atoms with Crippen molar-refractivity contribution in [2.24, 2.45) is 0 Å². The minimum absolute atomic E-state index is 0.0216. The van der Waals surface area contributed by atoms with Crippen LogP contribution in [0.5, 0.6) is 0 Å². The number of benzene rings is 1. The van der Waals surface area contributed by atoms with Gasteiger partial charge in [-0.25, -0.2) is 4.79 Å². The zero-order valence-electron chi connectivity index (χ0n) is 11.4. The topological polar surface area (TPSA) is 62.8 Å². The monoisotopic (exact) mass is 270 g/mol. The second-order valence-electron chi connectivity index (χ2n) is 5.18. The molecule has 0 amide bonds. The highest BCUT2D eigenvalue weighted by Gasteiger charge is 2.21. The number of hydrogen-bond donors (Lipinski definition) is 1. The molecule has 3 rings (SSSR count). The number of hydrogen-bond acceptors (Lipinski definition) is 3. The van der Waals surface area contributed by atoms with Crippen molar-refractivity contribution < 1.29 is 0 Å². The van der Waals surface area contributed by atoms with Gasteiger partial charge in [0.05, 0.1) is 23.5 Å². The van der Waals surface area contributed by atoms with Gasteiger partial charge in [0.2, 0.25) is 0 Å². The highest BCUT2D eigenvalue weighted by atomic mass is 16.1. The predicted molar refractivity (Wildman–Crippen MR) is 77.6 cm³/mol. The van der Waals surface area contributed by atoms with E-state index in [-0.39, 0.29) is 11.7 Å². The maximum atomic E-state index is 12.7. The Labute approximate surface area is 117 Å². The molecule has 0 bridgehead atoms. The van der Waals surface area contributed by atoms with Gasteiger partial charge in [0.15, 0.2) is 0 Å². The Morgan fingerprint density at radius 2 is 1.95 bits per heavy atom. The molecule has 1 aromatic heterocycles. The van der Waals surface area contributed by atoms with Gasteiger partial charge >= 0.3 is 5.69 Å². The summed E-state index contributed by atoms with van der Waals surface area (Å²) >= 11 is 0. The fourth-order valence-corrected chi connectivity index (χ4v) is 3.03. The lowest BCUT2D eigenvalue weighted by Gasteiger charge is -2.23. The van der Waals surface area contributed by atoms with Gasteiger partial charge in [-0.15, -0.1) is 0 Å². The van der Waals surface area contributed by atoms with Gasteiger partial charge in [-0.1, -0.05) is 12.1 Å². The Morgan fingerprint density at radius 1 is 1.25 bits per heavy atom. The first-order valence-corrected chi connectivity index (χ1v) is 7.10. The van der Waals surface area contributed by atoms with Crippen molar-refractivity contribution in [1.29, 1.82) is 5.26 Å². The third-order valence-corrected chi connectivity index (χ3v) is 3.99. The third-order valence-electron chi connectivity index (χ3n) is 3.99. The predicted octanol–water partition coefficient (Wildman–Crippen LogP) is 1.64. The van der Waals surface area contributed by atoms with E-state index >= 15 is 0 Å². The summed E-state index contributed by atoms with van der Waals surface area (Å²) in [6, 6.07) is 10.3. The second kappa shape index (κ2) is 5.51. The zero-order valence-corrected chi connectivity index (χ0v) is 11.4. The highest BCUT2D eigenvalue weighted by molar-refractivity contribution is 5.76. The molecule has 1 aliphatic heterocycles. The Balaban J connectivity index is 2.13. The molecule has 2 heterocycles. The number of nitrogens with one attached hydrogen (secondary N) is 1. The SMILES string of the molecule is N#CCCn1c(=O)n(C2CCNCC2)c2ccccc21. The lowest BCUT2D eigenvalue weighted by molar-refractivity contribution is 0.364. The van der Waals surface area contributed by atoms with Crippen molar-refractivity contribution in [2.45, 2.75) is 31.8 Å². The van der Waals surface area contributed by atoms with E-state index in [0.717, 1.165) is 37.0 Å². The molecule has 1 fully saturated rings. The van der Waals surface area contributed by atoms with E-state index < -0.39 is 0 Å². The molecule has 1 aromatic carbocycles. The van der Waals surface area contributed by atoms with Gasteiger partial charge in [-0.2, -0.15) is 5.26 Å². The summed E-state index contributed by atoms with van der Waals surface area (Å²) in [7, 11) is 0. The number of nitriles is 1. The molecular weight excluding hydrogens is 252 g/mol. The molecular formula is C15H18N4O. The lowest BCUT2D eigenvalue weighted by Crippen LogP contribution is -2.34. The van der Waals surface area contributed by atoms with Crippen molar-refractivity contribution >= 4 is 11.0 Å². The van der Waals surface area contributed by atoms with E-state index in [1.807, 2.05) is 28.8 Å². The molecule has 104 valence electrons. The summed E-state index contributed by atoms with van der Waals surface area (Å²) in [6.07, 6.45) is 2.32. The van der Waals surface area contributed by atoms with Crippen molar-refractivity contribution in [3.63, 3.8) is 0 Å². The molecule has 0 saturated carbocycles. The van der Waals surface area contributed by atoms with E-state index in [9.17, 15) is 4.79 Å². The van der Waals surface area contributed by atoms with Crippen LogP contribution in [-0.2, 0) is 6.54 Å². The van der Waals surface area contributed by atoms with Crippen LogP contribution in [0.25, 0.3) is 11.0 Å². The normalized spacial score (nSPS) is 16.4. The molecule has 0 aliphatic carbocycles. The van der Waals surface area contributed by atoms with E-state index in [4.69, 9.17) is 5.26 Å². The molecule has 5 heteroatoms. The van der Waals surface area contributed by atoms with Gasteiger partial charge in [0.25, 0.3) is 0 Å². The molecule has 5 nitrogen and oxygen atoms in total. The van der Waals surface area contributed by atoms with Crippen LogP contribution in [0.1, 0.15) is 25.3 Å². The maximum Gasteiger partial charge on any atom is 0.329 e. The largest absolute Gasteiger partial charge is 0.329 e. The number of fused-ring (bicyclic) bond motifs is 1. The van der Waals surface area contributed by atoms with Crippen LogP contribution in [-0.4, -0.2) is 22.2 Å². The van der Waals surface area contributed by atoms with Crippen LogP contribution >= 0.6 is 0 Å². The maximum absolute atomic E-state index is 12.7.